The van der Waals surface area contributed by atoms with E-state index in [1.165, 1.54) is 0 Å². The van der Waals surface area contributed by atoms with Gasteiger partial charge in [0.2, 0.25) is 5.60 Å². The molecule has 1 saturated carbocycles. The second-order valence-electron chi connectivity index (χ2n) is 6.68. The van der Waals surface area contributed by atoms with Crippen molar-refractivity contribution in [1.82, 2.24) is 0 Å². The molecule has 5 heteroatoms. The average molecular weight is 338 g/mol. The highest BCUT2D eigenvalue weighted by Gasteiger charge is 2.53. The van der Waals surface area contributed by atoms with Crippen LogP contribution in [0.1, 0.15) is 35.7 Å². The second-order valence-corrected chi connectivity index (χ2v) is 6.68. The van der Waals surface area contributed by atoms with Gasteiger partial charge in [-0.15, -0.1) is 0 Å². The SMILES string of the molecule is CC1CCC1(Oc1ccccc1-c1ccc2c(c1)COC2=O)C(=O)O. The van der Waals surface area contributed by atoms with Crippen molar-refractivity contribution in [1.29, 1.82) is 0 Å². The Kier molecular flexibility index (Phi) is 3.53. The summed E-state index contributed by atoms with van der Waals surface area (Å²) < 4.78 is 11.1. The molecule has 1 N–H and O–H groups in total. The van der Waals surface area contributed by atoms with E-state index in [1.807, 2.05) is 37.3 Å². The molecular weight excluding hydrogens is 320 g/mol. The summed E-state index contributed by atoms with van der Waals surface area (Å²) in [4.78, 5) is 23.4. The summed E-state index contributed by atoms with van der Waals surface area (Å²) in [7, 11) is 0. The molecule has 1 heterocycles. The fraction of sp³-hybridized carbons (Fsp3) is 0.300. The Balaban J connectivity index is 1.73. The van der Waals surface area contributed by atoms with Crippen LogP contribution < -0.4 is 4.74 Å². The molecule has 0 spiro atoms. The number of rotatable bonds is 4. The monoisotopic (exact) mass is 338 g/mol. The number of carboxylic acids is 1. The first-order valence-corrected chi connectivity index (χ1v) is 8.33. The quantitative estimate of drug-likeness (QED) is 0.861. The summed E-state index contributed by atoms with van der Waals surface area (Å²) in [5, 5.41) is 9.65. The molecule has 2 aromatic rings. The number of hydrogen-bond acceptors (Lipinski definition) is 4. The molecule has 5 nitrogen and oxygen atoms in total. The number of aliphatic carboxylic acids is 1. The van der Waals surface area contributed by atoms with E-state index >= 15 is 0 Å². The Labute approximate surface area is 145 Å². The van der Waals surface area contributed by atoms with Crippen LogP contribution in [-0.2, 0) is 16.1 Å². The van der Waals surface area contributed by atoms with E-state index in [4.69, 9.17) is 9.47 Å². The lowest BCUT2D eigenvalue weighted by atomic mass is 9.70. The number of esters is 1. The van der Waals surface area contributed by atoms with Crippen molar-refractivity contribution in [3.63, 3.8) is 0 Å². The van der Waals surface area contributed by atoms with E-state index < -0.39 is 11.6 Å². The zero-order valence-electron chi connectivity index (χ0n) is 13.8. The fourth-order valence-electron chi connectivity index (χ4n) is 3.50. The zero-order valence-corrected chi connectivity index (χ0v) is 13.8. The maximum atomic E-state index is 11.8. The molecule has 2 unspecified atom stereocenters. The minimum atomic E-state index is -1.16. The maximum Gasteiger partial charge on any atom is 0.348 e. The summed E-state index contributed by atoms with van der Waals surface area (Å²) in [5.41, 5.74) is 1.94. The van der Waals surface area contributed by atoms with Gasteiger partial charge in [-0.2, -0.15) is 0 Å². The lowest BCUT2D eigenvalue weighted by Gasteiger charge is -2.44. The van der Waals surface area contributed by atoms with Gasteiger partial charge in [-0.05, 0) is 36.6 Å². The van der Waals surface area contributed by atoms with Gasteiger partial charge in [-0.1, -0.05) is 31.2 Å². The van der Waals surface area contributed by atoms with Gasteiger partial charge >= 0.3 is 11.9 Å². The van der Waals surface area contributed by atoms with Crippen LogP contribution in [-0.4, -0.2) is 22.6 Å². The summed E-state index contributed by atoms with van der Waals surface area (Å²) in [6.45, 7) is 2.17. The third-order valence-corrected chi connectivity index (χ3v) is 5.28. The topological polar surface area (TPSA) is 72.8 Å². The van der Waals surface area contributed by atoms with Gasteiger partial charge in [0, 0.05) is 17.0 Å². The number of benzene rings is 2. The predicted octanol–water partition coefficient (Wildman–Crippen LogP) is 3.66. The molecule has 128 valence electrons. The highest BCUT2D eigenvalue weighted by atomic mass is 16.5. The molecule has 1 fully saturated rings. The summed E-state index contributed by atoms with van der Waals surface area (Å²) in [6.07, 6.45) is 1.34. The number of carboxylic acid groups (broad SMARTS) is 1. The van der Waals surface area contributed by atoms with Crippen LogP contribution in [0.2, 0.25) is 0 Å². The number of ether oxygens (including phenoxy) is 2. The molecule has 2 aliphatic rings. The number of carbonyl (C=O) groups excluding carboxylic acids is 1. The van der Waals surface area contributed by atoms with Gasteiger partial charge in [0.05, 0.1) is 5.56 Å². The van der Waals surface area contributed by atoms with Gasteiger partial charge in [0.1, 0.15) is 12.4 Å². The first-order valence-electron chi connectivity index (χ1n) is 8.33. The van der Waals surface area contributed by atoms with E-state index in [0.29, 0.717) is 17.7 Å². The van der Waals surface area contributed by atoms with Gasteiger partial charge in [0.15, 0.2) is 0 Å². The number of cyclic esters (lactones) is 1. The van der Waals surface area contributed by atoms with Gasteiger partial charge in [-0.25, -0.2) is 9.59 Å². The molecular formula is C20H18O5. The van der Waals surface area contributed by atoms with Crippen molar-refractivity contribution in [3.05, 3.63) is 53.6 Å². The molecule has 25 heavy (non-hydrogen) atoms. The zero-order chi connectivity index (χ0) is 17.6. The highest BCUT2D eigenvalue weighted by molar-refractivity contribution is 5.94. The van der Waals surface area contributed by atoms with Crippen molar-refractivity contribution in [2.45, 2.75) is 32.0 Å². The van der Waals surface area contributed by atoms with Crippen molar-refractivity contribution in [2.75, 3.05) is 0 Å². The third-order valence-electron chi connectivity index (χ3n) is 5.28. The van der Waals surface area contributed by atoms with Crippen LogP contribution in [0.3, 0.4) is 0 Å². The average Bonchev–Trinajstić information content (AvgIpc) is 2.98. The van der Waals surface area contributed by atoms with Crippen LogP contribution in [0, 0.1) is 5.92 Å². The third kappa shape index (κ3) is 2.38. The molecule has 0 saturated heterocycles. The van der Waals surface area contributed by atoms with Crippen molar-refractivity contribution < 1.29 is 24.2 Å². The molecule has 1 aliphatic carbocycles. The number of fused-ring (bicyclic) bond motifs is 1. The minimum absolute atomic E-state index is 0.0379. The maximum absolute atomic E-state index is 11.8. The molecule has 0 radical (unpaired) electrons. The van der Waals surface area contributed by atoms with Crippen molar-refractivity contribution >= 4 is 11.9 Å². The number of carbonyl (C=O) groups is 2. The first-order chi connectivity index (χ1) is 12.0. The second kappa shape index (κ2) is 5.62. The van der Waals surface area contributed by atoms with E-state index in [9.17, 15) is 14.7 Å². The molecule has 4 rings (SSSR count). The Hall–Kier alpha value is -2.82. The first kappa shape index (κ1) is 15.7. The van der Waals surface area contributed by atoms with Gasteiger partial charge < -0.3 is 14.6 Å². The Morgan fingerprint density at radius 3 is 2.72 bits per heavy atom. The molecule has 0 aromatic heterocycles. The van der Waals surface area contributed by atoms with E-state index in [0.717, 1.165) is 23.1 Å². The van der Waals surface area contributed by atoms with Crippen LogP contribution in [0.15, 0.2) is 42.5 Å². The van der Waals surface area contributed by atoms with Crippen LogP contribution in [0.4, 0.5) is 0 Å². The lowest BCUT2D eigenvalue weighted by Crippen LogP contribution is -2.57. The predicted molar refractivity (Wildman–Crippen MR) is 90.4 cm³/mol. The largest absolute Gasteiger partial charge is 0.478 e. The van der Waals surface area contributed by atoms with Crippen LogP contribution >= 0.6 is 0 Å². The number of hydrogen-bond donors (Lipinski definition) is 1. The fourth-order valence-corrected chi connectivity index (χ4v) is 3.50. The standard InChI is InChI=1S/C20H18O5/c1-12-8-9-20(12,19(22)23)25-17-5-3-2-4-15(17)13-6-7-16-14(10-13)11-24-18(16)21/h2-7,10,12H,8-9,11H2,1H3,(H,22,23). The number of para-hydroxylation sites is 1. The summed E-state index contributed by atoms with van der Waals surface area (Å²) in [6, 6.07) is 12.9. The Morgan fingerprint density at radius 2 is 2.04 bits per heavy atom. The highest BCUT2D eigenvalue weighted by Crippen LogP contribution is 2.44. The summed E-state index contributed by atoms with van der Waals surface area (Å²) >= 11 is 0. The summed E-state index contributed by atoms with van der Waals surface area (Å²) in [5.74, 6) is -0.723. The van der Waals surface area contributed by atoms with E-state index in [1.54, 1.807) is 12.1 Å². The Morgan fingerprint density at radius 1 is 1.24 bits per heavy atom. The molecule has 0 bridgehead atoms. The van der Waals surface area contributed by atoms with E-state index in [-0.39, 0.29) is 18.5 Å². The van der Waals surface area contributed by atoms with Crippen LogP contribution in [0.5, 0.6) is 5.75 Å². The van der Waals surface area contributed by atoms with E-state index in [2.05, 4.69) is 0 Å². The molecule has 1 aliphatic heterocycles. The van der Waals surface area contributed by atoms with Crippen molar-refractivity contribution in [3.8, 4) is 16.9 Å². The normalized spacial score (nSPS) is 24.2. The smallest absolute Gasteiger partial charge is 0.348 e. The van der Waals surface area contributed by atoms with Gasteiger partial charge in [0.25, 0.3) is 0 Å². The molecule has 2 atom stereocenters. The van der Waals surface area contributed by atoms with Crippen LogP contribution in [0.25, 0.3) is 11.1 Å². The molecule has 0 amide bonds. The minimum Gasteiger partial charge on any atom is -0.478 e. The Bertz CT molecular complexity index is 872. The van der Waals surface area contributed by atoms with Crippen molar-refractivity contribution in [2.24, 2.45) is 5.92 Å². The lowest BCUT2D eigenvalue weighted by molar-refractivity contribution is -0.171. The molecule has 2 aromatic carbocycles. The van der Waals surface area contributed by atoms with Gasteiger partial charge in [-0.3, -0.25) is 0 Å².